The van der Waals surface area contributed by atoms with Crippen molar-refractivity contribution in [2.24, 2.45) is 0 Å². The number of ketones is 1. The molecule has 14 heavy (non-hydrogen) atoms. The first-order valence-corrected chi connectivity index (χ1v) is 5.10. The molecule has 0 spiro atoms. The standard InChI is InChI=1S/C11H22O3/c1-7-13-10(3,4)9(12)11(5,6)14-8-2/h7-8H2,1-6H3. The summed E-state index contributed by atoms with van der Waals surface area (Å²) in [7, 11) is 0. The topological polar surface area (TPSA) is 35.5 Å². The van der Waals surface area contributed by atoms with Crippen LogP contribution in [0.4, 0.5) is 0 Å². The first-order valence-electron chi connectivity index (χ1n) is 5.10. The van der Waals surface area contributed by atoms with Gasteiger partial charge in [0.1, 0.15) is 11.2 Å². The van der Waals surface area contributed by atoms with E-state index in [1.165, 1.54) is 0 Å². The largest absolute Gasteiger partial charge is 0.368 e. The molecule has 0 saturated carbocycles. The molecule has 0 aliphatic rings. The summed E-state index contributed by atoms with van der Waals surface area (Å²) >= 11 is 0. The summed E-state index contributed by atoms with van der Waals surface area (Å²) in [5, 5.41) is 0. The van der Waals surface area contributed by atoms with E-state index in [4.69, 9.17) is 9.47 Å². The highest BCUT2D eigenvalue weighted by Gasteiger charge is 2.40. The average Bonchev–Trinajstić information content (AvgIpc) is 2.02. The van der Waals surface area contributed by atoms with Gasteiger partial charge >= 0.3 is 0 Å². The average molecular weight is 202 g/mol. The van der Waals surface area contributed by atoms with Crippen molar-refractivity contribution in [2.75, 3.05) is 13.2 Å². The van der Waals surface area contributed by atoms with Crippen LogP contribution in [0.15, 0.2) is 0 Å². The summed E-state index contributed by atoms with van der Waals surface area (Å²) in [5.74, 6) is -0.0197. The minimum atomic E-state index is -0.770. The van der Waals surface area contributed by atoms with Gasteiger partial charge < -0.3 is 9.47 Å². The van der Waals surface area contributed by atoms with E-state index in [0.717, 1.165) is 0 Å². The lowest BCUT2D eigenvalue weighted by Crippen LogP contribution is -2.49. The van der Waals surface area contributed by atoms with Crippen molar-refractivity contribution in [1.82, 2.24) is 0 Å². The predicted molar refractivity (Wildman–Crippen MR) is 56.4 cm³/mol. The first-order chi connectivity index (χ1) is 6.28. The van der Waals surface area contributed by atoms with Crippen molar-refractivity contribution in [3.63, 3.8) is 0 Å². The Morgan fingerprint density at radius 2 is 1.21 bits per heavy atom. The molecule has 0 amide bonds. The van der Waals surface area contributed by atoms with E-state index in [1.807, 2.05) is 13.8 Å². The maximum atomic E-state index is 12.0. The molecule has 0 atom stereocenters. The highest BCUT2D eigenvalue weighted by atomic mass is 16.5. The molecular formula is C11H22O3. The monoisotopic (exact) mass is 202 g/mol. The fraction of sp³-hybridized carbons (Fsp3) is 0.909. The summed E-state index contributed by atoms with van der Waals surface area (Å²) in [6.45, 7) is 11.9. The summed E-state index contributed by atoms with van der Waals surface area (Å²) in [5.41, 5.74) is -1.54. The minimum Gasteiger partial charge on any atom is -0.368 e. The second kappa shape index (κ2) is 4.89. The molecule has 0 aromatic carbocycles. The number of hydrogen-bond donors (Lipinski definition) is 0. The van der Waals surface area contributed by atoms with Gasteiger partial charge in [0.05, 0.1) is 0 Å². The number of carbonyl (C=O) groups excluding carboxylic acids is 1. The molecule has 0 aromatic rings. The van der Waals surface area contributed by atoms with E-state index in [9.17, 15) is 4.79 Å². The fourth-order valence-corrected chi connectivity index (χ4v) is 1.58. The Morgan fingerprint density at radius 3 is 1.43 bits per heavy atom. The van der Waals surface area contributed by atoms with Crippen LogP contribution in [0.5, 0.6) is 0 Å². The number of rotatable bonds is 6. The Morgan fingerprint density at radius 1 is 0.929 bits per heavy atom. The lowest BCUT2D eigenvalue weighted by molar-refractivity contribution is -0.161. The molecule has 0 fully saturated rings. The molecule has 0 rings (SSSR count). The predicted octanol–water partition coefficient (Wildman–Crippen LogP) is 2.19. The van der Waals surface area contributed by atoms with Gasteiger partial charge in [0.25, 0.3) is 0 Å². The van der Waals surface area contributed by atoms with E-state index in [0.29, 0.717) is 13.2 Å². The molecule has 0 unspecified atom stereocenters. The zero-order chi connectivity index (χ0) is 11.4. The van der Waals surface area contributed by atoms with Crippen molar-refractivity contribution in [3.8, 4) is 0 Å². The number of carbonyl (C=O) groups is 1. The Balaban J connectivity index is 4.58. The van der Waals surface area contributed by atoms with Crippen molar-refractivity contribution >= 4 is 5.78 Å². The van der Waals surface area contributed by atoms with Gasteiger partial charge in [-0.3, -0.25) is 4.79 Å². The normalized spacial score (nSPS) is 13.0. The van der Waals surface area contributed by atoms with Crippen LogP contribution in [0.1, 0.15) is 41.5 Å². The van der Waals surface area contributed by atoms with Gasteiger partial charge in [0, 0.05) is 13.2 Å². The highest BCUT2D eigenvalue weighted by Crippen LogP contribution is 2.22. The molecule has 0 radical (unpaired) electrons. The van der Waals surface area contributed by atoms with Gasteiger partial charge in [0.2, 0.25) is 0 Å². The maximum absolute atomic E-state index is 12.0. The van der Waals surface area contributed by atoms with Crippen LogP contribution >= 0.6 is 0 Å². The Hall–Kier alpha value is -0.410. The maximum Gasteiger partial charge on any atom is 0.195 e. The summed E-state index contributed by atoms with van der Waals surface area (Å²) in [6, 6.07) is 0. The Labute approximate surface area is 86.8 Å². The summed E-state index contributed by atoms with van der Waals surface area (Å²) in [6.07, 6.45) is 0. The lowest BCUT2D eigenvalue weighted by atomic mass is 9.90. The third-order valence-corrected chi connectivity index (χ3v) is 2.10. The molecule has 84 valence electrons. The van der Waals surface area contributed by atoms with E-state index >= 15 is 0 Å². The van der Waals surface area contributed by atoms with Crippen LogP contribution in [0.3, 0.4) is 0 Å². The third kappa shape index (κ3) is 3.39. The van der Waals surface area contributed by atoms with Crippen molar-refractivity contribution < 1.29 is 14.3 Å². The fourth-order valence-electron chi connectivity index (χ4n) is 1.58. The van der Waals surface area contributed by atoms with Gasteiger partial charge in [-0.2, -0.15) is 0 Å². The van der Waals surface area contributed by atoms with Crippen LogP contribution in [-0.4, -0.2) is 30.2 Å². The van der Waals surface area contributed by atoms with Gasteiger partial charge in [0.15, 0.2) is 5.78 Å². The van der Waals surface area contributed by atoms with Crippen molar-refractivity contribution in [1.29, 1.82) is 0 Å². The van der Waals surface area contributed by atoms with Crippen LogP contribution in [0.2, 0.25) is 0 Å². The molecular weight excluding hydrogens is 180 g/mol. The molecule has 0 aromatic heterocycles. The first kappa shape index (κ1) is 13.6. The number of Topliss-reactive ketones (excluding diaryl/α,β-unsaturated/α-hetero) is 1. The molecule has 0 saturated heterocycles. The minimum absolute atomic E-state index is 0.0197. The molecule has 0 N–H and O–H groups in total. The van der Waals surface area contributed by atoms with E-state index in [2.05, 4.69) is 0 Å². The van der Waals surface area contributed by atoms with Crippen molar-refractivity contribution in [3.05, 3.63) is 0 Å². The van der Waals surface area contributed by atoms with Gasteiger partial charge in [-0.1, -0.05) is 0 Å². The molecule has 3 nitrogen and oxygen atoms in total. The quantitative estimate of drug-likeness (QED) is 0.662. The Bertz CT molecular complexity index is 175. The zero-order valence-electron chi connectivity index (χ0n) is 10.1. The lowest BCUT2D eigenvalue weighted by Gasteiger charge is -2.32. The highest BCUT2D eigenvalue weighted by molar-refractivity contribution is 5.93. The number of ether oxygens (including phenoxy) is 2. The van der Waals surface area contributed by atoms with E-state index in [1.54, 1.807) is 27.7 Å². The van der Waals surface area contributed by atoms with E-state index < -0.39 is 11.2 Å². The second-order valence-electron chi connectivity index (χ2n) is 4.22. The zero-order valence-corrected chi connectivity index (χ0v) is 10.1. The van der Waals surface area contributed by atoms with Crippen LogP contribution in [-0.2, 0) is 14.3 Å². The second-order valence-corrected chi connectivity index (χ2v) is 4.22. The van der Waals surface area contributed by atoms with Gasteiger partial charge in [-0.05, 0) is 41.5 Å². The van der Waals surface area contributed by atoms with E-state index in [-0.39, 0.29) is 5.78 Å². The summed E-state index contributed by atoms with van der Waals surface area (Å²) < 4.78 is 10.8. The van der Waals surface area contributed by atoms with Gasteiger partial charge in [-0.25, -0.2) is 0 Å². The van der Waals surface area contributed by atoms with Crippen LogP contribution < -0.4 is 0 Å². The summed E-state index contributed by atoms with van der Waals surface area (Å²) in [4.78, 5) is 12.0. The molecule has 0 heterocycles. The molecule has 3 heteroatoms. The van der Waals surface area contributed by atoms with Crippen molar-refractivity contribution in [2.45, 2.75) is 52.7 Å². The molecule has 0 aliphatic heterocycles. The van der Waals surface area contributed by atoms with Crippen LogP contribution in [0, 0.1) is 0 Å². The third-order valence-electron chi connectivity index (χ3n) is 2.10. The molecule has 0 aliphatic carbocycles. The molecule has 0 bridgehead atoms. The van der Waals surface area contributed by atoms with Gasteiger partial charge in [-0.15, -0.1) is 0 Å². The SMILES string of the molecule is CCOC(C)(C)C(=O)C(C)(C)OCC. The van der Waals surface area contributed by atoms with Crippen LogP contribution in [0.25, 0.3) is 0 Å². The smallest absolute Gasteiger partial charge is 0.195 e. The Kier molecular flexibility index (Phi) is 4.75. The number of hydrogen-bond acceptors (Lipinski definition) is 3.